The number of hydrogen-bond acceptors (Lipinski definition) is 4. The first-order valence-corrected chi connectivity index (χ1v) is 4.93. The lowest BCUT2D eigenvalue weighted by Gasteiger charge is -2.08. The summed E-state index contributed by atoms with van der Waals surface area (Å²) in [5, 5.41) is 10.7. The van der Waals surface area contributed by atoms with Crippen LogP contribution in [0.2, 0.25) is 0 Å². The summed E-state index contributed by atoms with van der Waals surface area (Å²) < 4.78 is 0. The van der Waals surface area contributed by atoms with Gasteiger partial charge in [-0.3, -0.25) is 14.9 Å². The molecule has 1 aromatic rings. The van der Waals surface area contributed by atoms with Crippen LogP contribution in [-0.2, 0) is 0 Å². The lowest BCUT2D eigenvalue weighted by molar-refractivity contribution is -0.385. The Morgan fingerprint density at radius 3 is 2.47 bits per heavy atom. The molecule has 0 spiro atoms. The molecule has 0 saturated heterocycles. The van der Waals surface area contributed by atoms with Crippen LogP contribution in [0.25, 0.3) is 0 Å². The topological polar surface area (TPSA) is 63.5 Å². The molecule has 0 aliphatic heterocycles. The van der Waals surface area contributed by atoms with Gasteiger partial charge in [0.05, 0.1) is 10.5 Å². The summed E-state index contributed by atoms with van der Waals surface area (Å²) in [6, 6.07) is 6.04. The van der Waals surface area contributed by atoms with Gasteiger partial charge in [0.25, 0.3) is 5.69 Å². The molecule has 0 aliphatic rings. The van der Waals surface area contributed by atoms with Crippen LogP contribution in [-0.4, -0.2) is 36.2 Å². The molecule has 6 heteroatoms. The number of para-hydroxylation sites is 1. The van der Waals surface area contributed by atoms with Gasteiger partial charge < -0.3 is 4.90 Å². The number of halogens is 1. The standard InChI is InChI=1S/C11H14N2O3.ClH/c1-12(2)8-7-11(14)9-5-3-4-6-10(9)13(15)16;/h3-6H,7-8H2,1-2H3;1H. The number of nitro benzene ring substituents is 1. The molecule has 0 saturated carbocycles. The van der Waals surface area contributed by atoms with Gasteiger partial charge in [0, 0.05) is 19.0 Å². The zero-order chi connectivity index (χ0) is 12.1. The van der Waals surface area contributed by atoms with Crippen LogP contribution in [0.5, 0.6) is 0 Å². The van der Waals surface area contributed by atoms with E-state index in [9.17, 15) is 14.9 Å². The molecule has 0 radical (unpaired) electrons. The van der Waals surface area contributed by atoms with Crippen molar-refractivity contribution < 1.29 is 9.72 Å². The number of rotatable bonds is 5. The lowest BCUT2D eigenvalue weighted by atomic mass is 10.1. The third-order valence-corrected chi connectivity index (χ3v) is 2.19. The molecule has 0 N–H and O–H groups in total. The summed E-state index contributed by atoms with van der Waals surface area (Å²) in [4.78, 5) is 23.8. The summed E-state index contributed by atoms with van der Waals surface area (Å²) in [6.45, 7) is 0.588. The first-order chi connectivity index (χ1) is 7.52. The average molecular weight is 259 g/mol. The van der Waals surface area contributed by atoms with E-state index >= 15 is 0 Å². The second kappa shape index (κ2) is 6.98. The van der Waals surface area contributed by atoms with Crippen LogP contribution >= 0.6 is 12.4 Å². The van der Waals surface area contributed by atoms with Gasteiger partial charge in [-0.25, -0.2) is 0 Å². The quantitative estimate of drug-likeness (QED) is 0.461. The molecule has 0 amide bonds. The number of nitrogens with zero attached hydrogens (tertiary/aromatic N) is 2. The van der Waals surface area contributed by atoms with Crippen molar-refractivity contribution in [1.82, 2.24) is 4.90 Å². The van der Waals surface area contributed by atoms with E-state index in [4.69, 9.17) is 0 Å². The molecule has 1 aromatic carbocycles. The molecule has 0 bridgehead atoms. The highest BCUT2D eigenvalue weighted by Crippen LogP contribution is 2.19. The summed E-state index contributed by atoms with van der Waals surface area (Å²) >= 11 is 0. The second-order valence-electron chi connectivity index (χ2n) is 3.75. The Bertz CT molecular complexity index is 407. The third kappa shape index (κ3) is 4.50. The van der Waals surface area contributed by atoms with Crippen molar-refractivity contribution >= 4 is 23.9 Å². The van der Waals surface area contributed by atoms with Gasteiger partial charge >= 0.3 is 0 Å². The number of ketones is 1. The largest absolute Gasteiger partial charge is 0.309 e. The smallest absolute Gasteiger partial charge is 0.280 e. The minimum atomic E-state index is -0.525. The van der Waals surface area contributed by atoms with Gasteiger partial charge in [0.15, 0.2) is 5.78 Å². The zero-order valence-corrected chi connectivity index (χ0v) is 10.6. The van der Waals surface area contributed by atoms with Gasteiger partial charge in [-0.05, 0) is 20.2 Å². The van der Waals surface area contributed by atoms with Gasteiger partial charge in [-0.15, -0.1) is 12.4 Å². The number of nitro groups is 1. The minimum absolute atomic E-state index is 0. The monoisotopic (exact) mass is 258 g/mol. The van der Waals surface area contributed by atoms with E-state index in [0.717, 1.165) is 0 Å². The van der Waals surface area contributed by atoms with Crippen LogP contribution in [0.4, 0.5) is 5.69 Å². The van der Waals surface area contributed by atoms with E-state index in [1.807, 2.05) is 19.0 Å². The number of carbonyl (C=O) groups is 1. The van der Waals surface area contributed by atoms with E-state index < -0.39 is 4.92 Å². The number of hydrogen-bond donors (Lipinski definition) is 0. The Labute approximate surface area is 106 Å². The molecular formula is C11H15ClN2O3. The zero-order valence-electron chi connectivity index (χ0n) is 9.75. The Kier molecular flexibility index (Phi) is 6.38. The molecule has 0 fully saturated rings. The van der Waals surface area contributed by atoms with E-state index in [0.29, 0.717) is 6.54 Å². The predicted octanol–water partition coefficient (Wildman–Crippen LogP) is 2.15. The van der Waals surface area contributed by atoms with Crippen molar-refractivity contribution in [1.29, 1.82) is 0 Å². The van der Waals surface area contributed by atoms with Crippen molar-refractivity contribution in [3.05, 3.63) is 39.9 Å². The van der Waals surface area contributed by atoms with Crippen LogP contribution in [0.3, 0.4) is 0 Å². The highest BCUT2D eigenvalue weighted by atomic mass is 35.5. The SMILES string of the molecule is CN(C)CCC(=O)c1ccccc1[N+](=O)[O-].Cl. The number of benzene rings is 1. The minimum Gasteiger partial charge on any atom is -0.309 e. The molecule has 17 heavy (non-hydrogen) atoms. The molecule has 94 valence electrons. The number of Topliss-reactive ketones (excluding diaryl/α,β-unsaturated/α-hetero) is 1. The summed E-state index contributed by atoms with van der Waals surface area (Å²) in [5.74, 6) is -0.194. The maximum atomic E-state index is 11.7. The van der Waals surface area contributed by atoms with Crippen molar-refractivity contribution in [3.8, 4) is 0 Å². The normalized spacial score (nSPS) is 9.82. The molecule has 5 nitrogen and oxygen atoms in total. The third-order valence-electron chi connectivity index (χ3n) is 2.19. The van der Waals surface area contributed by atoms with Crippen LogP contribution in [0, 0.1) is 10.1 Å². The molecule has 0 aliphatic carbocycles. The Morgan fingerprint density at radius 2 is 1.94 bits per heavy atom. The first kappa shape index (κ1) is 15.5. The lowest BCUT2D eigenvalue weighted by Crippen LogP contribution is -2.17. The van der Waals surface area contributed by atoms with Crippen LogP contribution < -0.4 is 0 Å². The Morgan fingerprint density at radius 1 is 1.35 bits per heavy atom. The van der Waals surface area contributed by atoms with Crippen LogP contribution in [0.15, 0.2) is 24.3 Å². The maximum Gasteiger partial charge on any atom is 0.280 e. The van der Waals surface area contributed by atoms with Crippen molar-refractivity contribution in [2.75, 3.05) is 20.6 Å². The highest BCUT2D eigenvalue weighted by molar-refractivity contribution is 5.99. The predicted molar refractivity (Wildman–Crippen MR) is 67.8 cm³/mol. The fraction of sp³-hybridized carbons (Fsp3) is 0.364. The summed E-state index contributed by atoms with van der Waals surface area (Å²) in [5.41, 5.74) is 0.0700. The molecular weight excluding hydrogens is 244 g/mol. The average Bonchev–Trinajstić information content (AvgIpc) is 2.25. The van der Waals surface area contributed by atoms with E-state index in [1.165, 1.54) is 12.1 Å². The molecule has 0 unspecified atom stereocenters. The van der Waals surface area contributed by atoms with Crippen molar-refractivity contribution in [2.45, 2.75) is 6.42 Å². The molecule has 0 atom stereocenters. The van der Waals surface area contributed by atoms with Crippen molar-refractivity contribution in [2.24, 2.45) is 0 Å². The summed E-state index contributed by atoms with van der Waals surface area (Å²) in [7, 11) is 3.71. The fourth-order valence-corrected chi connectivity index (χ4v) is 1.33. The van der Waals surface area contributed by atoms with Crippen LogP contribution in [0.1, 0.15) is 16.8 Å². The molecule has 1 rings (SSSR count). The van der Waals surface area contributed by atoms with Gasteiger partial charge in [0.1, 0.15) is 0 Å². The fourth-order valence-electron chi connectivity index (χ4n) is 1.33. The van der Waals surface area contributed by atoms with E-state index in [-0.39, 0.29) is 35.9 Å². The molecule has 0 aromatic heterocycles. The van der Waals surface area contributed by atoms with Gasteiger partial charge in [-0.1, -0.05) is 12.1 Å². The Hall–Kier alpha value is -1.46. The summed E-state index contributed by atoms with van der Waals surface area (Å²) in [6.07, 6.45) is 0.290. The number of carbonyl (C=O) groups excluding carboxylic acids is 1. The first-order valence-electron chi connectivity index (χ1n) is 4.93. The van der Waals surface area contributed by atoms with E-state index in [2.05, 4.69) is 0 Å². The van der Waals surface area contributed by atoms with Gasteiger partial charge in [-0.2, -0.15) is 0 Å². The second-order valence-corrected chi connectivity index (χ2v) is 3.75. The van der Waals surface area contributed by atoms with E-state index in [1.54, 1.807) is 12.1 Å². The highest BCUT2D eigenvalue weighted by Gasteiger charge is 2.18. The Balaban J connectivity index is 0.00000256. The molecule has 0 heterocycles. The van der Waals surface area contributed by atoms with Crippen molar-refractivity contribution in [3.63, 3.8) is 0 Å². The van der Waals surface area contributed by atoms with Gasteiger partial charge in [0.2, 0.25) is 0 Å². The maximum absolute atomic E-state index is 11.7.